The van der Waals surface area contributed by atoms with Gasteiger partial charge in [-0.05, 0) is 24.0 Å². The van der Waals surface area contributed by atoms with Crippen LogP contribution in [0.4, 0.5) is 4.79 Å². The molecule has 2 aliphatic heterocycles. The molecule has 3 N–H and O–H groups in total. The van der Waals surface area contributed by atoms with Crippen LogP contribution in [0.1, 0.15) is 45.6 Å². The quantitative estimate of drug-likeness (QED) is 0.376. The smallest absolute Gasteiger partial charge is 0.408 e. The molecular formula is C29H35ClN4O7. The third kappa shape index (κ3) is 6.09. The molecule has 41 heavy (non-hydrogen) atoms. The number of halogens is 1. The lowest BCUT2D eigenvalue weighted by Crippen LogP contribution is -2.59. The molecule has 5 atom stereocenters. The van der Waals surface area contributed by atoms with Gasteiger partial charge >= 0.3 is 12.1 Å². The van der Waals surface area contributed by atoms with Crippen LogP contribution >= 0.6 is 11.6 Å². The van der Waals surface area contributed by atoms with Crippen LogP contribution in [0.2, 0.25) is 5.02 Å². The number of amides is 3. The van der Waals surface area contributed by atoms with Gasteiger partial charge in [0.1, 0.15) is 24.2 Å². The Hall–Kier alpha value is -3.86. The van der Waals surface area contributed by atoms with E-state index in [1.807, 2.05) is 6.07 Å². The van der Waals surface area contributed by atoms with Crippen molar-refractivity contribution in [2.24, 2.45) is 16.5 Å². The van der Waals surface area contributed by atoms with E-state index in [1.54, 1.807) is 39.0 Å². The zero-order valence-electron chi connectivity index (χ0n) is 23.3. The highest BCUT2D eigenvalue weighted by Gasteiger charge is 2.62. The van der Waals surface area contributed by atoms with Gasteiger partial charge in [-0.3, -0.25) is 9.59 Å². The summed E-state index contributed by atoms with van der Waals surface area (Å²) in [5.41, 5.74) is -1.95. The Kier molecular flexibility index (Phi) is 8.22. The van der Waals surface area contributed by atoms with Gasteiger partial charge in [0.05, 0.1) is 12.3 Å². The topological polar surface area (TPSA) is 147 Å². The standard InChI is InChI=1S/C29H35ClN4O7/c1-6-11-40-26(39)31-22(27(3,4)5)24(36)34-16-28(14-20(33-41-28)17-9-8-10-19(30)12-17)15-21(34)23(35)32-29(25(37)38)13-18(29)7-2/h6-10,12,18,21-22H,1-2,11,13-16H2,3-5H3,(H,31,39)(H,32,35)(H,37,38)/t18-,21+,22-,28-,29-/m1/s1. The highest BCUT2D eigenvalue weighted by molar-refractivity contribution is 6.31. The van der Waals surface area contributed by atoms with Gasteiger partial charge in [0.15, 0.2) is 5.60 Å². The van der Waals surface area contributed by atoms with Crippen LogP contribution in [0.15, 0.2) is 54.7 Å². The molecule has 3 amide bonds. The van der Waals surface area contributed by atoms with E-state index in [9.17, 15) is 24.3 Å². The third-order valence-corrected chi connectivity index (χ3v) is 7.95. The van der Waals surface area contributed by atoms with E-state index in [4.69, 9.17) is 21.2 Å². The van der Waals surface area contributed by atoms with E-state index >= 15 is 0 Å². The van der Waals surface area contributed by atoms with Crippen LogP contribution in [0.5, 0.6) is 0 Å². The van der Waals surface area contributed by atoms with Gasteiger partial charge in [0.2, 0.25) is 11.8 Å². The molecule has 1 spiro atoms. The summed E-state index contributed by atoms with van der Waals surface area (Å²) >= 11 is 6.16. The van der Waals surface area contributed by atoms with Gasteiger partial charge in [-0.1, -0.05) is 68.4 Å². The summed E-state index contributed by atoms with van der Waals surface area (Å²) in [6.45, 7) is 12.4. The Bertz CT molecular complexity index is 1310. The number of oxime groups is 1. The lowest BCUT2D eigenvalue weighted by atomic mass is 9.85. The van der Waals surface area contributed by atoms with Gasteiger partial charge in [0.25, 0.3) is 0 Å². The number of hydrogen-bond acceptors (Lipinski definition) is 7. The predicted molar refractivity (Wildman–Crippen MR) is 151 cm³/mol. The molecule has 0 radical (unpaired) electrons. The number of carboxylic acid groups (broad SMARTS) is 1. The Morgan fingerprint density at radius 3 is 2.61 bits per heavy atom. The Morgan fingerprint density at radius 1 is 1.29 bits per heavy atom. The number of likely N-dealkylation sites (tertiary alicyclic amines) is 1. The number of nitrogens with zero attached hydrogens (tertiary/aromatic N) is 2. The van der Waals surface area contributed by atoms with Crippen LogP contribution in [0, 0.1) is 11.3 Å². The molecule has 1 aromatic rings. The number of hydrogen-bond donors (Lipinski definition) is 3. The average Bonchev–Trinajstić information content (AvgIpc) is 3.28. The summed E-state index contributed by atoms with van der Waals surface area (Å²) in [5, 5.41) is 19.9. The van der Waals surface area contributed by atoms with Gasteiger partial charge in [-0.25, -0.2) is 9.59 Å². The number of benzene rings is 1. The molecule has 1 saturated carbocycles. The summed E-state index contributed by atoms with van der Waals surface area (Å²) in [6, 6.07) is 4.94. The maximum atomic E-state index is 14.1. The molecule has 4 rings (SSSR count). The fourth-order valence-electron chi connectivity index (χ4n) is 5.38. The second kappa shape index (κ2) is 11.2. The van der Waals surface area contributed by atoms with Crippen molar-refractivity contribution in [3.8, 4) is 0 Å². The van der Waals surface area contributed by atoms with Crippen molar-refractivity contribution in [2.45, 2.75) is 63.3 Å². The van der Waals surface area contributed by atoms with E-state index in [0.717, 1.165) is 5.56 Å². The lowest BCUT2D eigenvalue weighted by Gasteiger charge is -2.35. The van der Waals surface area contributed by atoms with Crippen LogP contribution in [-0.2, 0) is 24.0 Å². The van der Waals surface area contributed by atoms with E-state index < -0.39 is 58.4 Å². The van der Waals surface area contributed by atoms with Crippen LogP contribution in [-0.4, -0.2) is 76.0 Å². The molecule has 1 saturated heterocycles. The molecule has 11 nitrogen and oxygen atoms in total. The first-order valence-corrected chi connectivity index (χ1v) is 13.7. The van der Waals surface area contributed by atoms with Crippen LogP contribution in [0.25, 0.3) is 0 Å². The summed E-state index contributed by atoms with van der Waals surface area (Å²) < 4.78 is 5.05. The minimum Gasteiger partial charge on any atom is -0.479 e. The minimum atomic E-state index is -1.49. The maximum absolute atomic E-state index is 14.1. The van der Waals surface area contributed by atoms with E-state index in [1.165, 1.54) is 17.1 Å². The van der Waals surface area contributed by atoms with Gasteiger partial charge in [0, 0.05) is 29.3 Å². The maximum Gasteiger partial charge on any atom is 0.408 e. The van der Waals surface area contributed by atoms with Gasteiger partial charge < -0.3 is 30.2 Å². The average molecular weight is 587 g/mol. The molecule has 2 heterocycles. The number of alkyl carbamates (subject to hydrolysis) is 1. The van der Waals surface area contributed by atoms with Crippen molar-refractivity contribution in [3.63, 3.8) is 0 Å². The van der Waals surface area contributed by atoms with Crippen molar-refractivity contribution in [1.29, 1.82) is 0 Å². The summed E-state index contributed by atoms with van der Waals surface area (Å²) in [6.07, 6.45) is 2.63. The monoisotopic (exact) mass is 586 g/mol. The second-order valence-corrected chi connectivity index (χ2v) is 12.3. The SMILES string of the molecule is C=CCOC(=O)N[C@H](C(=O)N1C[C@@]2(CC(c3cccc(Cl)c3)=NO2)C[C@H]1C(=O)N[C@]1(C(=O)O)C[C@H]1C=C)C(C)(C)C. The van der Waals surface area contributed by atoms with E-state index in [-0.39, 0.29) is 32.4 Å². The minimum absolute atomic E-state index is 0.0155. The molecule has 1 aromatic carbocycles. The highest BCUT2D eigenvalue weighted by Crippen LogP contribution is 2.46. The lowest BCUT2D eigenvalue weighted by molar-refractivity contribution is -0.146. The number of carbonyl (C=O) groups excluding carboxylic acids is 3. The van der Waals surface area contributed by atoms with Gasteiger partial charge in [-0.15, -0.1) is 6.58 Å². The van der Waals surface area contributed by atoms with Crippen molar-refractivity contribution in [2.75, 3.05) is 13.2 Å². The Labute approximate surface area is 243 Å². The fourth-order valence-corrected chi connectivity index (χ4v) is 5.57. The summed E-state index contributed by atoms with van der Waals surface area (Å²) in [5.74, 6) is -2.79. The van der Waals surface area contributed by atoms with Crippen molar-refractivity contribution in [1.82, 2.24) is 15.5 Å². The molecule has 0 unspecified atom stereocenters. The van der Waals surface area contributed by atoms with Crippen LogP contribution < -0.4 is 10.6 Å². The van der Waals surface area contributed by atoms with Crippen molar-refractivity contribution in [3.05, 3.63) is 60.2 Å². The molecule has 220 valence electrons. The number of ether oxygens (including phenoxy) is 1. The first kappa shape index (κ1) is 30.1. The molecule has 0 aromatic heterocycles. The normalized spacial score (nSPS) is 27.3. The molecule has 2 fully saturated rings. The Balaban J connectivity index is 1.63. The second-order valence-electron chi connectivity index (χ2n) is 11.8. The fraction of sp³-hybridized carbons (Fsp3) is 0.483. The predicted octanol–water partition coefficient (Wildman–Crippen LogP) is 3.28. The number of carboxylic acids is 1. The largest absolute Gasteiger partial charge is 0.479 e. The molecule has 0 bridgehead atoms. The van der Waals surface area contributed by atoms with Crippen LogP contribution in [0.3, 0.4) is 0 Å². The number of carbonyl (C=O) groups is 4. The number of rotatable bonds is 9. The zero-order valence-corrected chi connectivity index (χ0v) is 24.1. The molecule has 1 aliphatic carbocycles. The van der Waals surface area contributed by atoms with Crippen molar-refractivity contribution >= 4 is 41.2 Å². The number of nitrogens with one attached hydrogen (secondary N) is 2. The van der Waals surface area contributed by atoms with E-state index in [0.29, 0.717) is 10.7 Å². The molecule has 12 heteroatoms. The van der Waals surface area contributed by atoms with E-state index in [2.05, 4.69) is 28.9 Å². The highest BCUT2D eigenvalue weighted by atomic mass is 35.5. The number of aliphatic carboxylic acids is 1. The first-order chi connectivity index (χ1) is 19.2. The zero-order chi connectivity index (χ0) is 30.2. The van der Waals surface area contributed by atoms with Gasteiger partial charge in [-0.2, -0.15) is 0 Å². The Morgan fingerprint density at radius 2 is 2.02 bits per heavy atom. The molecular weight excluding hydrogens is 552 g/mol. The summed E-state index contributed by atoms with van der Waals surface area (Å²) in [4.78, 5) is 59.6. The molecule has 3 aliphatic rings. The first-order valence-electron chi connectivity index (χ1n) is 13.3. The summed E-state index contributed by atoms with van der Waals surface area (Å²) in [7, 11) is 0. The van der Waals surface area contributed by atoms with Crippen molar-refractivity contribution < 1.29 is 33.9 Å². The third-order valence-electron chi connectivity index (χ3n) is 7.72.